The van der Waals surface area contributed by atoms with E-state index in [1.54, 1.807) is 0 Å². The van der Waals surface area contributed by atoms with Crippen LogP contribution in [0.5, 0.6) is 11.5 Å². The number of rotatable bonds is 7. The van der Waals surface area contributed by atoms with Gasteiger partial charge in [-0.15, -0.1) is 0 Å². The molecule has 4 aromatic rings. The van der Waals surface area contributed by atoms with Gasteiger partial charge in [-0.3, -0.25) is 4.99 Å². The average molecular weight is 539 g/mol. The van der Waals surface area contributed by atoms with Crippen LogP contribution in [0.2, 0.25) is 0 Å². The van der Waals surface area contributed by atoms with E-state index in [9.17, 15) is 0 Å². The molecule has 0 spiro atoms. The number of halogens is 2. The zero-order valence-corrected chi connectivity index (χ0v) is 20.2. The molecule has 0 aliphatic carbocycles. The summed E-state index contributed by atoms with van der Waals surface area (Å²) >= 11 is 7.21. The van der Waals surface area contributed by atoms with Crippen LogP contribution in [-0.4, -0.2) is 12.8 Å². The lowest BCUT2D eigenvalue weighted by Crippen LogP contribution is -2.00. The molecule has 0 N–H and O–H groups in total. The Morgan fingerprint density at radius 1 is 0.871 bits per heavy atom. The van der Waals surface area contributed by atoms with Crippen molar-refractivity contribution < 1.29 is 9.47 Å². The molecule has 0 heterocycles. The van der Waals surface area contributed by atoms with E-state index in [4.69, 9.17) is 9.47 Å². The lowest BCUT2D eigenvalue weighted by atomic mass is 10.1. The Morgan fingerprint density at radius 3 is 2.45 bits per heavy atom. The number of hydrogen-bond donors (Lipinski definition) is 0. The molecule has 31 heavy (non-hydrogen) atoms. The molecule has 4 rings (SSSR count). The van der Waals surface area contributed by atoms with E-state index in [1.807, 2.05) is 55.6 Å². The molecule has 0 atom stereocenters. The minimum atomic E-state index is 0.464. The molecular weight excluding hydrogens is 518 g/mol. The summed E-state index contributed by atoms with van der Waals surface area (Å²) < 4.78 is 13.6. The zero-order chi connectivity index (χ0) is 21.6. The number of hydrogen-bond acceptors (Lipinski definition) is 3. The summed E-state index contributed by atoms with van der Waals surface area (Å²) in [6.45, 7) is 3.08. The van der Waals surface area contributed by atoms with Gasteiger partial charge in [0.15, 0.2) is 0 Å². The van der Waals surface area contributed by atoms with Gasteiger partial charge in [-0.25, -0.2) is 0 Å². The van der Waals surface area contributed by atoms with Gasteiger partial charge in [-0.1, -0.05) is 58.4 Å². The smallest absolute Gasteiger partial charge is 0.142 e. The van der Waals surface area contributed by atoms with Gasteiger partial charge in [0, 0.05) is 16.3 Å². The summed E-state index contributed by atoms with van der Waals surface area (Å²) in [7, 11) is 0. The Labute approximate surface area is 199 Å². The van der Waals surface area contributed by atoms with Crippen LogP contribution in [-0.2, 0) is 6.61 Å². The molecule has 0 amide bonds. The van der Waals surface area contributed by atoms with Crippen molar-refractivity contribution in [2.24, 2.45) is 4.99 Å². The summed E-state index contributed by atoms with van der Waals surface area (Å²) in [6, 6.07) is 26.3. The third-order valence-electron chi connectivity index (χ3n) is 4.79. The number of fused-ring (bicyclic) bond motifs is 1. The highest BCUT2D eigenvalue weighted by molar-refractivity contribution is 9.11. The van der Waals surface area contributed by atoms with Crippen LogP contribution in [0.15, 0.2) is 92.8 Å². The van der Waals surface area contributed by atoms with Crippen LogP contribution >= 0.6 is 31.9 Å². The van der Waals surface area contributed by atoms with Crippen molar-refractivity contribution in [1.29, 1.82) is 0 Å². The molecule has 4 aromatic carbocycles. The molecule has 0 radical (unpaired) electrons. The Kier molecular flexibility index (Phi) is 7.05. The van der Waals surface area contributed by atoms with Crippen LogP contribution in [0.25, 0.3) is 10.8 Å². The van der Waals surface area contributed by atoms with E-state index >= 15 is 0 Å². The lowest BCUT2D eigenvalue weighted by molar-refractivity contribution is 0.305. The Bertz CT molecular complexity index is 1210. The van der Waals surface area contributed by atoms with Crippen LogP contribution in [0, 0.1) is 0 Å². The number of ether oxygens (including phenoxy) is 2. The van der Waals surface area contributed by atoms with Crippen molar-refractivity contribution in [1.82, 2.24) is 0 Å². The fraction of sp³-hybridized carbons (Fsp3) is 0.115. The van der Waals surface area contributed by atoms with Crippen LogP contribution in [0.4, 0.5) is 5.69 Å². The minimum Gasteiger partial charge on any atom is -0.494 e. The topological polar surface area (TPSA) is 30.8 Å². The predicted octanol–water partition coefficient (Wildman–Crippen LogP) is 8.09. The first-order chi connectivity index (χ1) is 15.1. The van der Waals surface area contributed by atoms with Gasteiger partial charge in [0.25, 0.3) is 0 Å². The van der Waals surface area contributed by atoms with Gasteiger partial charge >= 0.3 is 0 Å². The van der Waals surface area contributed by atoms with Crippen LogP contribution in [0.3, 0.4) is 0 Å². The van der Waals surface area contributed by atoms with Crippen molar-refractivity contribution >= 4 is 54.5 Å². The van der Waals surface area contributed by atoms with Crippen LogP contribution < -0.4 is 9.47 Å². The average Bonchev–Trinajstić information content (AvgIpc) is 2.78. The van der Waals surface area contributed by atoms with Crippen LogP contribution in [0.1, 0.15) is 18.1 Å². The first kappa shape index (κ1) is 21.6. The van der Waals surface area contributed by atoms with E-state index in [0.29, 0.717) is 13.2 Å². The molecule has 0 unspecified atom stereocenters. The second-order valence-corrected chi connectivity index (χ2v) is 8.69. The van der Waals surface area contributed by atoms with E-state index in [1.165, 1.54) is 10.8 Å². The van der Waals surface area contributed by atoms with Crippen molar-refractivity contribution in [3.05, 3.63) is 98.9 Å². The van der Waals surface area contributed by atoms with E-state index in [2.05, 4.69) is 73.3 Å². The van der Waals surface area contributed by atoms with E-state index in [0.717, 1.165) is 37.3 Å². The Hall–Kier alpha value is -2.63. The predicted molar refractivity (Wildman–Crippen MR) is 135 cm³/mol. The fourth-order valence-corrected chi connectivity index (χ4v) is 4.71. The summed E-state index contributed by atoms with van der Waals surface area (Å²) in [5.74, 6) is 1.59. The normalized spacial score (nSPS) is 11.2. The van der Waals surface area contributed by atoms with Gasteiger partial charge in [-0.2, -0.15) is 0 Å². The fourth-order valence-electron chi connectivity index (χ4n) is 3.34. The molecule has 156 valence electrons. The van der Waals surface area contributed by atoms with Gasteiger partial charge < -0.3 is 9.47 Å². The Balaban J connectivity index is 1.59. The highest BCUT2D eigenvalue weighted by Gasteiger charge is 2.11. The number of aliphatic imine (C=N–C) groups is 1. The molecular formula is C26H21Br2NO2. The largest absolute Gasteiger partial charge is 0.494 e. The third-order valence-corrected chi connectivity index (χ3v) is 5.84. The maximum Gasteiger partial charge on any atom is 0.142 e. The molecule has 5 heteroatoms. The van der Waals surface area contributed by atoms with Crippen molar-refractivity contribution in [2.75, 3.05) is 6.61 Å². The quantitative estimate of drug-likeness (QED) is 0.222. The van der Waals surface area contributed by atoms with Crippen molar-refractivity contribution in [2.45, 2.75) is 13.5 Å². The van der Waals surface area contributed by atoms with Gasteiger partial charge in [0.1, 0.15) is 18.1 Å². The molecule has 0 aliphatic rings. The van der Waals surface area contributed by atoms with Crippen molar-refractivity contribution in [3.63, 3.8) is 0 Å². The molecule has 0 aromatic heterocycles. The van der Waals surface area contributed by atoms with E-state index in [-0.39, 0.29) is 0 Å². The van der Waals surface area contributed by atoms with Gasteiger partial charge in [-0.05, 0) is 75.6 Å². The molecule has 0 saturated heterocycles. The first-order valence-corrected chi connectivity index (χ1v) is 11.6. The molecule has 0 fully saturated rings. The molecule has 3 nitrogen and oxygen atoms in total. The second kappa shape index (κ2) is 10.1. The summed E-state index contributed by atoms with van der Waals surface area (Å²) in [5, 5.41) is 2.40. The van der Waals surface area contributed by atoms with Gasteiger partial charge in [0.05, 0.1) is 16.8 Å². The summed E-state index contributed by atoms with van der Waals surface area (Å²) in [6.07, 6.45) is 1.82. The number of benzene rings is 4. The molecule has 0 bridgehead atoms. The molecule has 0 aliphatic heterocycles. The number of nitrogens with zero attached hydrogens (tertiary/aromatic N) is 1. The Morgan fingerprint density at radius 2 is 1.65 bits per heavy atom. The lowest BCUT2D eigenvalue weighted by Gasteiger charge is -2.13. The molecule has 0 saturated carbocycles. The maximum atomic E-state index is 6.28. The van der Waals surface area contributed by atoms with E-state index < -0.39 is 0 Å². The highest BCUT2D eigenvalue weighted by atomic mass is 79.9. The minimum absolute atomic E-state index is 0.464. The highest BCUT2D eigenvalue weighted by Crippen LogP contribution is 2.33. The monoisotopic (exact) mass is 537 g/mol. The van der Waals surface area contributed by atoms with Crippen molar-refractivity contribution in [3.8, 4) is 11.5 Å². The first-order valence-electron chi connectivity index (χ1n) is 9.99. The SMILES string of the molecule is CCOc1ccc(N=Cc2cc(Br)cc(Br)c2OCc2cccc3ccccc23)cc1. The second-order valence-electron chi connectivity index (χ2n) is 6.92. The maximum absolute atomic E-state index is 6.28. The summed E-state index contributed by atoms with van der Waals surface area (Å²) in [4.78, 5) is 4.62. The van der Waals surface area contributed by atoms with Gasteiger partial charge in [0.2, 0.25) is 0 Å². The standard InChI is InChI=1S/C26H21Br2NO2/c1-2-30-23-12-10-22(11-13-23)29-16-20-14-21(27)15-25(28)26(20)31-17-19-8-5-7-18-6-3-4-9-24(18)19/h3-16H,2,17H2,1H3. The third kappa shape index (κ3) is 5.35. The zero-order valence-electron chi connectivity index (χ0n) is 17.0. The summed E-state index contributed by atoms with van der Waals surface area (Å²) in [5.41, 5.74) is 2.87.